The highest BCUT2D eigenvalue weighted by molar-refractivity contribution is 6.00. The van der Waals surface area contributed by atoms with Gasteiger partial charge in [0.15, 0.2) is 23.0 Å². The fourth-order valence-electron chi connectivity index (χ4n) is 3.98. The summed E-state index contributed by atoms with van der Waals surface area (Å²) in [6, 6.07) is 0. The van der Waals surface area contributed by atoms with Crippen LogP contribution in [0.15, 0.2) is 0 Å². The fourth-order valence-corrected chi connectivity index (χ4v) is 3.98. The maximum atomic E-state index is 12.5. The van der Waals surface area contributed by atoms with Crippen molar-refractivity contribution in [3.05, 3.63) is 11.4 Å². The molecule has 0 atom stereocenters. The van der Waals surface area contributed by atoms with Crippen LogP contribution < -0.4 is 32.7 Å². The molecule has 346 valence electrons. The van der Waals surface area contributed by atoms with E-state index in [2.05, 4.69) is 45.1 Å². The summed E-state index contributed by atoms with van der Waals surface area (Å²) in [5.74, 6) is -1.52. The van der Waals surface area contributed by atoms with Crippen molar-refractivity contribution in [2.75, 3.05) is 117 Å². The first-order valence-corrected chi connectivity index (χ1v) is 21.5. The van der Waals surface area contributed by atoms with Crippen LogP contribution in [0.1, 0.15) is 122 Å². The lowest BCUT2D eigenvalue weighted by Gasteiger charge is -2.11. The summed E-state index contributed by atoms with van der Waals surface area (Å²) < 4.78 is 32.9. The number of nitrogen functional groups attached to an aromatic ring is 2. The number of nitrogens with zero attached hydrogens (tertiary/aromatic N) is 2. The molecule has 1 heterocycles. The molecule has 8 N–H and O–H groups in total. The Kier molecular flexibility index (Phi) is 44.4. The molecular weight excluding hydrogens is 764 g/mol. The molecule has 4 amide bonds. The zero-order chi connectivity index (χ0) is 45.1. The molecular formula is C41H82N8O10. The van der Waals surface area contributed by atoms with Gasteiger partial charge < -0.3 is 61.2 Å². The van der Waals surface area contributed by atoms with Crippen LogP contribution in [0, 0.1) is 11.8 Å². The molecule has 18 heteroatoms. The van der Waals surface area contributed by atoms with Crippen LogP contribution in [0.4, 0.5) is 11.6 Å². The van der Waals surface area contributed by atoms with Crippen molar-refractivity contribution in [2.24, 2.45) is 11.8 Å². The number of carbonyl (C=O) groups excluding carboxylic acids is 4. The van der Waals surface area contributed by atoms with Gasteiger partial charge in [0.2, 0.25) is 11.8 Å². The van der Waals surface area contributed by atoms with Crippen molar-refractivity contribution in [3.63, 3.8) is 0 Å². The summed E-state index contributed by atoms with van der Waals surface area (Å²) >= 11 is 0. The first-order valence-electron chi connectivity index (χ1n) is 21.5. The minimum Gasteiger partial charge on any atom is -0.382 e. The summed E-state index contributed by atoms with van der Waals surface area (Å²) in [6.45, 7) is 26.8. The van der Waals surface area contributed by atoms with Gasteiger partial charge >= 0.3 is 0 Å². The van der Waals surface area contributed by atoms with E-state index in [1.54, 1.807) is 0 Å². The lowest BCUT2D eigenvalue weighted by Crippen LogP contribution is -2.31. The molecule has 0 saturated carbocycles. The number of nitrogens with one attached hydrogen (secondary N) is 4. The van der Waals surface area contributed by atoms with Crippen LogP contribution in [0.2, 0.25) is 0 Å². The molecule has 59 heavy (non-hydrogen) atoms. The number of ether oxygens (including phenoxy) is 6. The molecule has 0 aliphatic rings. The largest absolute Gasteiger partial charge is 0.382 e. The van der Waals surface area contributed by atoms with E-state index in [0.717, 1.165) is 12.8 Å². The van der Waals surface area contributed by atoms with Crippen molar-refractivity contribution in [3.8, 4) is 0 Å². The van der Waals surface area contributed by atoms with Gasteiger partial charge in [0.25, 0.3) is 11.8 Å². The van der Waals surface area contributed by atoms with E-state index < -0.39 is 11.8 Å². The average molecular weight is 847 g/mol. The van der Waals surface area contributed by atoms with Gasteiger partial charge in [-0.2, -0.15) is 0 Å². The topological polar surface area (TPSA) is 250 Å². The Morgan fingerprint density at radius 2 is 0.678 bits per heavy atom. The van der Waals surface area contributed by atoms with Gasteiger partial charge in [0.05, 0.1) is 52.9 Å². The van der Waals surface area contributed by atoms with Gasteiger partial charge in [-0.15, -0.1) is 0 Å². The third-order valence-corrected chi connectivity index (χ3v) is 6.95. The van der Waals surface area contributed by atoms with E-state index in [4.69, 9.17) is 39.9 Å². The minimum atomic E-state index is -0.563. The lowest BCUT2D eigenvalue weighted by atomic mass is 10.2. The predicted molar refractivity (Wildman–Crippen MR) is 233 cm³/mol. The first kappa shape index (κ1) is 59.6. The number of nitrogens with two attached hydrogens (primary N) is 2. The smallest absolute Gasteiger partial charge is 0.273 e. The predicted octanol–water partition coefficient (Wildman–Crippen LogP) is 3.77. The van der Waals surface area contributed by atoms with Crippen molar-refractivity contribution >= 4 is 35.3 Å². The second-order valence-electron chi connectivity index (χ2n) is 12.9. The summed E-state index contributed by atoms with van der Waals surface area (Å²) in [4.78, 5) is 56.0. The maximum absolute atomic E-state index is 12.5. The summed E-state index contributed by atoms with van der Waals surface area (Å²) in [7, 11) is 0. The van der Waals surface area contributed by atoms with Gasteiger partial charge in [0, 0.05) is 64.4 Å². The van der Waals surface area contributed by atoms with Crippen molar-refractivity contribution < 1.29 is 47.6 Å². The molecule has 1 rings (SSSR count). The van der Waals surface area contributed by atoms with Crippen LogP contribution in [-0.2, 0) is 38.0 Å². The van der Waals surface area contributed by atoms with Gasteiger partial charge in [0.1, 0.15) is 0 Å². The van der Waals surface area contributed by atoms with Gasteiger partial charge in [-0.05, 0) is 25.7 Å². The number of carbonyl (C=O) groups is 4. The molecule has 0 aliphatic carbocycles. The third-order valence-electron chi connectivity index (χ3n) is 6.95. The molecule has 1 aromatic heterocycles. The molecule has 0 saturated heterocycles. The molecule has 1 aromatic rings. The molecule has 0 spiro atoms. The maximum Gasteiger partial charge on any atom is 0.273 e. The van der Waals surface area contributed by atoms with E-state index in [1.165, 1.54) is 6.42 Å². The number of amides is 4. The molecule has 0 aromatic carbocycles. The summed E-state index contributed by atoms with van der Waals surface area (Å²) in [5.41, 5.74) is 11.5. The first-order chi connectivity index (χ1) is 28.5. The zero-order valence-corrected chi connectivity index (χ0v) is 38.1. The Labute approximate surface area is 355 Å². The molecule has 0 radical (unpaired) electrons. The highest BCUT2D eigenvalue weighted by Gasteiger charge is 2.20. The van der Waals surface area contributed by atoms with Crippen molar-refractivity contribution in [2.45, 2.75) is 101 Å². The van der Waals surface area contributed by atoms with Gasteiger partial charge in [-0.3, -0.25) is 19.2 Å². The summed E-state index contributed by atoms with van der Waals surface area (Å²) in [5, 5.41) is 11.0. The van der Waals surface area contributed by atoms with Crippen LogP contribution >= 0.6 is 0 Å². The molecule has 0 aliphatic heterocycles. The van der Waals surface area contributed by atoms with E-state index in [-0.39, 0.29) is 46.7 Å². The Balaban J connectivity index is -0.00000420. The number of aromatic nitrogens is 2. The minimum absolute atomic E-state index is 0.0225. The van der Waals surface area contributed by atoms with Crippen LogP contribution in [0.3, 0.4) is 0 Å². The van der Waals surface area contributed by atoms with Crippen molar-refractivity contribution in [1.82, 2.24) is 31.2 Å². The molecule has 0 unspecified atom stereocenters. The zero-order valence-electron chi connectivity index (χ0n) is 38.1. The highest BCUT2D eigenvalue weighted by Crippen LogP contribution is 2.13. The second kappa shape index (κ2) is 43.9. The Morgan fingerprint density at radius 1 is 0.458 bits per heavy atom. The number of hydrogen-bond donors (Lipinski definition) is 6. The van der Waals surface area contributed by atoms with E-state index in [1.807, 2.05) is 55.4 Å². The highest BCUT2D eigenvalue weighted by atomic mass is 16.5. The van der Waals surface area contributed by atoms with E-state index in [9.17, 15) is 19.2 Å². The monoisotopic (exact) mass is 847 g/mol. The van der Waals surface area contributed by atoms with Gasteiger partial charge in [-0.25, -0.2) is 9.97 Å². The third kappa shape index (κ3) is 35.9. The van der Waals surface area contributed by atoms with Gasteiger partial charge in [-0.1, -0.05) is 75.7 Å². The Hall–Kier alpha value is -3.68. The lowest BCUT2D eigenvalue weighted by molar-refractivity contribution is -0.124. The standard InChI is InChI=1S/C34H62N8O10.C3H8.2C2H6/c1-25(2)31(43)37-9-5-13-47-17-21-51-23-19-49-15-7-11-39-33(45)27-29(35)42-28(30(36)41-27)34(46)40-12-8-16-50-20-24-52-22-18-48-14-6-10-38-32(44)26(3)4;1-3-2;2*1-2/h25-26H,5-24H2,1-4H3,(H2,36,41)(H2,35,42)(H,37,43)(H,38,44)(H,39,45)(H,40,46);3H2,1-2H3;2*1-2H3. The van der Waals surface area contributed by atoms with Crippen LogP contribution in [-0.4, -0.2) is 139 Å². The van der Waals surface area contributed by atoms with Crippen LogP contribution in [0.25, 0.3) is 0 Å². The Bertz CT molecular complexity index is 1090. The number of hydrogen-bond acceptors (Lipinski definition) is 14. The second-order valence-corrected chi connectivity index (χ2v) is 12.9. The molecule has 18 nitrogen and oxygen atoms in total. The Morgan fingerprint density at radius 3 is 0.915 bits per heavy atom. The quantitative estimate of drug-likeness (QED) is 0.0565. The van der Waals surface area contributed by atoms with Crippen LogP contribution in [0.5, 0.6) is 0 Å². The van der Waals surface area contributed by atoms with E-state index in [0.29, 0.717) is 118 Å². The van der Waals surface area contributed by atoms with E-state index >= 15 is 0 Å². The molecule has 0 bridgehead atoms. The van der Waals surface area contributed by atoms with Crippen molar-refractivity contribution in [1.29, 1.82) is 0 Å². The summed E-state index contributed by atoms with van der Waals surface area (Å²) in [6.07, 6.45) is 3.82. The SMILES string of the molecule is CC.CC.CC(C)C(=O)NCCCOCCOCCOCCCNC(=O)c1nc(N)c(C(=O)NCCCOCCOCCOCCCNC(=O)C(C)C)nc1N.CCC. The number of anilines is 2. The average Bonchev–Trinajstić information content (AvgIpc) is 3.22. The molecule has 0 fully saturated rings. The fraction of sp³-hybridized carbons (Fsp3) is 0.805. The normalized spacial score (nSPS) is 10.4. The number of rotatable bonds is 32.